The van der Waals surface area contributed by atoms with Crippen LogP contribution in [-0.4, -0.2) is 0 Å². The molecule has 0 bridgehead atoms. The number of rotatable bonds is 3. The van der Waals surface area contributed by atoms with E-state index in [1.54, 1.807) is 6.92 Å². The summed E-state index contributed by atoms with van der Waals surface area (Å²) >= 11 is 0. The summed E-state index contributed by atoms with van der Waals surface area (Å²) in [6.45, 7) is 1.77. The molecule has 0 saturated carbocycles. The molecule has 0 spiro atoms. The normalized spacial score (nSPS) is 10.0. The van der Waals surface area contributed by atoms with Crippen molar-refractivity contribution in [2.45, 2.75) is 13.3 Å². The van der Waals surface area contributed by atoms with Gasteiger partial charge in [0.25, 0.3) is 0 Å². The van der Waals surface area contributed by atoms with E-state index in [-0.39, 0.29) is 0 Å². The molecule has 4 heteroatoms. The number of ether oxygens (including phenoxy) is 1. The quantitative estimate of drug-likeness (QED) is 0.565. The summed E-state index contributed by atoms with van der Waals surface area (Å²) in [5, 5.41) is 0. The van der Waals surface area contributed by atoms with Crippen LogP contribution in [0.3, 0.4) is 0 Å². The molecule has 0 heterocycles. The lowest BCUT2D eigenvalue weighted by Gasteiger charge is -1.90. The molecule has 0 aromatic carbocycles. The van der Waals surface area contributed by atoms with Crippen molar-refractivity contribution in [3.63, 3.8) is 0 Å². The second kappa shape index (κ2) is 4.90. The Morgan fingerprint density at radius 3 is 2.40 bits per heavy atom. The Kier molecular flexibility index (Phi) is 4.45. The van der Waals surface area contributed by atoms with Crippen LogP contribution in [0, 0.1) is 0 Å². The van der Waals surface area contributed by atoms with Crippen LogP contribution in [0.2, 0.25) is 0 Å². The third kappa shape index (κ3) is 4.00. The molecule has 0 aromatic rings. The largest absolute Gasteiger partial charge is 0.436 e. The molecule has 0 saturated heterocycles. The van der Waals surface area contributed by atoms with Gasteiger partial charge in [0.15, 0.2) is 0 Å². The van der Waals surface area contributed by atoms with Crippen LogP contribution in [0.5, 0.6) is 0 Å². The van der Waals surface area contributed by atoms with Gasteiger partial charge in [-0.25, -0.2) is 0 Å². The van der Waals surface area contributed by atoms with Crippen LogP contribution in [0.15, 0.2) is 24.4 Å². The van der Waals surface area contributed by atoms with Crippen molar-refractivity contribution in [3.8, 4) is 0 Å². The van der Waals surface area contributed by atoms with Crippen LogP contribution in [-0.2, 0) is 4.74 Å². The van der Waals surface area contributed by atoms with E-state index >= 15 is 0 Å². The monoisotopic (exact) mass is 152 g/mol. The SMILES string of the molecule is CCC=COC(F)=C(F)F. The molecule has 0 aliphatic heterocycles. The van der Waals surface area contributed by atoms with Gasteiger partial charge in [0.05, 0.1) is 6.26 Å². The molecule has 0 aliphatic rings. The second-order valence-corrected chi connectivity index (χ2v) is 1.43. The van der Waals surface area contributed by atoms with Crippen LogP contribution in [0.1, 0.15) is 13.3 Å². The van der Waals surface area contributed by atoms with E-state index in [4.69, 9.17) is 0 Å². The van der Waals surface area contributed by atoms with E-state index in [0.29, 0.717) is 6.42 Å². The van der Waals surface area contributed by atoms with Crippen molar-refractivity contribution in [3.05, 3.63) is 24.4 Å². The zero-order valence-electron chi connectivity index (χ0n) is 5.40. The molecule has 0 unspecified atom stereocenters. The van der Waals surface area contributed by atoms with Gasteiger partial charge in [-0.1, -0.05) is 6.92 Å². The highest BCUT2D eigenvalue weighted by atomic mass is 19.3. The zero-order valence-corrected chi connectivity index (χ0v) is 5.40. The third-order valence-electron chi connectivity index (χ3n) is 0.652. The maximum Gasteiger partial charge on any atom is 0.344 e. The highest BCUT2D eigenvalue weighted by Gasteiger charge is 2.02. The molecule has 0 rings (SSSR count). The smallest absolute Gasteiger partial charge is 0.344 e. The predicted octanol–water partition coefficient (Wildman–Crippen LogP) is 2.96. The first kappa shape index (κ1) is 9.07. The Morgan fingerprint density at radius 2 is 2.00 bits per heavy atom. The fourth-order valence-electron chi connectivity index (χ4n) is 0.249. The molecule has 1 nitrogen and oxygen atoms in total. The van der Waals surface area contributed by atoms with E-state index in [0.717, 1.165) is 6.26 Å². The van der Waals surface area contributed by atoms with E-state index in [9.17, 15) is 13.2 Å². The molecular weight excluding hydrogens is 145 g/mol. The number of hydrogen-bond acceptors (Lipinski definition) is 1. The van der Waals surface area contributed by atoms with E-state index < -0.39 is 12.1 Å². The maximum atomic E-state index is 11.7. The topological polar surface area (TPSA) is 9.23 Å². The Hall–Kier alpha value is -0.930. The van der Waals surface area contributed by atoms with Gasteiger partial charge in [-0.15, -0.1) is 0 Å². The lowest BCUT2D eigenvalue weighted by Crippen LogP contribution is -1.77. The molecule has 0 N–H and O–H groups in total. The first-order valence-electron chi connectivity index (χ1n) is 2.71. The van der Waals surface area contributed by atoms with Gasteiger partial charge in [-0.2, -0.15) is 13.2 Å². The first-order chi connectivity index (χ1) is 4.68. The minimum Gasteiger partial charge on any atom is -0.436 e. The Labute approximate surface area is 56.8 Å². The molecule has 10 heavy (non-hydrogen) atoms. The molecule has 0 fully saturated rings. The molecule has 0 amide bonds. The van der Waals surface area contributed by atoms with E-state index in [2.05, 4.69) is 4.74 Å². The van der Waals surface area contributed by atoms with Crippen molar-refractivity contribution < 1.29 is 17.9 Å². The maximum absolute atomic E-state index is 11.7. The summed E-state index contributed by atoms with van der Waals surface area (Å²) in [6.07, 6.45) is 0.471. The molecule has 0 atom stereocenters. The van der Waals surface area contributed by atoms with Crippen LogP contribution < -0.4 is 0 Å². The van der Waals surface area contributed by atoms with Crippen molar-refractivity contribution >= 4 is 0 Å². The van der Waals surface area contributed by atoms with Crippen molar-refractivity contribution in [2.24, 2.45) is 0 Å². The van der Waals surface area contributed by atoms with Gasteiger partial charge in [0.2, 0.25) is 0 Å². The summed E-state index contributed by atoms with van der Waals surface area (Å²) < 4.78 is 37.9. The lowest BCUT2D eigenvalue weighted by molar-refractivity contribution is 0.200. The van der Waals surface area contributed by atoms with Crippen molar-refractivity contribution in [1.82, 2.24) is 0 Å². The molecule has 58 valence electrons. The third-order valence-corrected chi connectivity index (χ3v) is 0.652. The van der Waals surface area contributed by atoms with Crippen LogP contribution in [0.4, 0.5) is 13.2 Å². The van der Waals surface area contributed by atoms with Gasteiger partial charge in [0, 0.05) is 0 Å². The molecule has 0 aliphatic carbocycles. The highest BCUT2D eigenvalue weighted by Crippen LogP contribution is 2.10. The zero-order chi connectivity index (χ0) is 7.98. The minimum atomic E-state index is -2.44. The molecule has 0 aromatic heterocycles. The lowest BCUT2D eigenvalue weighted by atomic mass is 10.5. The summed E-state index contributed by atoms with van der Waals surface area (Å²) in [4.78, 5) is 0. The Morgan fingerprint density at radius 1 is 1.40 bits per heavy atom. The predicted molar refractivity (Wildman–Crippen MR) is 30.9 cm³/mol. The Bertz CT molecular complexity index is 147. The summed E-state index contributed by atoms with van der Waals surface area (Å²) in [5.74, 6) is 0. The highest BCUT2D eigenvalue weighted by molar-refractivity contribution is 4.84. The number of hydrogen-bond donors (Lipinski definition) is 0. The van der Waals surface area contributed by atoms with Gasteiger partial charge in [-0.05, 0) is 12.5 Å². The molecule has 0 radical (unpaired) electrons. The average Bonchev–Trinajstić information content (AvgIpc) is 1.88. The first-order valence-corrected chi connectivity index (χ1v) is 2.71. The number of halogens is 3. The fraction of sp³-hybridized carbons (Fsp3) is 0.333. The number of allylic oxidation sites excluding steroid dienone is 1. The second-order valence-electron chi connectivity index (χ2n) is 1.43. The van der Waals surface area contributed by atoms with Gasteiger partial charge in [-0.3, -0.25) is 0 Å². The van der Waals surface area contributed by atoms with Gasteiger partial charge in [0.1, 0.15) is 0 Å². The summed E-state index contributed by atoms with van der Waals surface area (Å²) in [7, 11) is 0. The standard InChI is InChI=1S/C6H7F3O/c1-2-3-4-10-6(9)5(7)8/h3-4H,2H2,1H3. The summed E-state index contributed by atoms with van der Waals surface area (Å²) in [6, 6.07) is -1.84. The van der Waals surface area contributed by atoms with E-state index in [1.165, 1.54) is 6.08 Å². The van der Waals surface area contributed by atoms with E-state index in [1.807, 2.05) is 0 Å². The average molecular weight is 152 g/mol. The fourth-order valence-corrected chi connectivity index (χ4v) is 0.249. The summed E-state index contributed by atoms with van der Waals surface area (Å²) in [5.41, 5.74) is 0. The Balaban J connectivity index is 3.70. The van der Waals surface area contributed by atoms with Crippen molar-refractivity contribution in [2.75, 3.05) is 0 Å². The molecular formula is C6H7F3O. The van der Waals surface area contributed by atoms with Gasteiger partial charge >= 0.3 is 12.1 Å². The van der Waals surface area contributed by atoms with Crippen molar-refractivity contribution in [1.29, 1.82) is 0 Å². The minimum absolute atomic E-state index is 0.612. The van der Waals surface area contributed by atoms with Crippen LogP contribution >= 0.6 is 0 Å². The van der Waals surface area contributed by atoms with Gasteiger partial charge < -0.3 is 4.74 Å². The van der Waals surface area contributed by atoms with Crippen LogP contribution in [0.25, 0.3) is 0 Å².